The molecule has 23 heavy (non-hydrogen) atoms. The lowest BCUT2D eigenvalue weighted by atomic mass is 10.0. The van der Waals surface area contributed by atoms with Crippen LogP contribution in [0.1, 0.15) is 21.8 Å². The van der Waals surface area contributed by atoms with Crippen LogP contribution in [0, 0.1) is 13.8 Å². The summed E-state index contributed by atoms with van der Waals surface area (Å²) in [5.74, 6) is 0.272. The quantitative estimate of drug-likeness (QED) is 0.747. The standard InChI is InChI=1S/C18H15ClN2O2/c1-11-17(12(2)23-21-11)20-18(22)15-10-14(8-9-16(15)19)13-6-4-3-5-7-13/h3-10H,1-2H3,(H,20,22). The summed E-state index contributed by atoms with van der Waals surface area (Å²) in [6, 6.07) is 15.2. The Morgan fingerprint density at radius 3 is 2.48 bits per heavy atom. The molecule has 0 unspecified atom stereocenters. The van der Waals surface area contributed by atoms with Gasteiger partial charge in [0.1, 0.15) is 11.4 Å². The summed E-state index contributed by atoms with van der Waals surface area (Å²) in [5.41, 5.74) is 3.57. The third-order valence-electron chi connectivity index (χ3n) is 3.59. The Bertz CT molecular complexity index is 837. The van der Waals surface area contributed by atoms with Crippen LogP contribution in [0.5, 0.6) is 0 Å². The smallest absolute Gasteiger partial charge is 0.257 e. The van der Waals surface area contributed by atoms with Gasteiger partial charge in [-0.3, -0.25) is 4.79 Å². The number of rotatable bonds is 3. The SMILES string of the molecule is Cc1noc(C)c1NC(=O)c1cc(-c2ccccc2)ccc1Cl. The number of amides is 1. The minimum Gasteiger partial charge on any atom is -0.359 e. The molecular formula is C18H15ClN2O2. The second-order valence-corrected chi connectivity index (χ2v) is 5.62. The van der Waals surface area contributed by atoms with Crippen molar-refractivity contribution in [2.75, 3.05) is 5.32 Å². The van der Waals surface area contributed by atoms with Gasteiger partial charge in [0.05, 0.1) is 10.6 Å². The fraction of sp³-hybridized carbons (Fsp3) is 0.111. The molecule has 0 saturated heterocycles. The minimum absolute atomic E-state index is 0.290. The zero-order valence-corrected chi connectivity index (χ0v) is 13.5. The van der Waals surface area contributed by atoms with Crippen LogP contribution in [-0.2, 0) is 0 Å². The van der Waals surface area contributed by atoms with E-state index in [1.165, 1.54) is 0 Å². The number of anilines is 1. The number of halogens is 1. The van der Waals surface area contributed by atoms with E-state index in [-0.39, 0.29) is 5.91 Å². The van der Waals surface area contributed by atoms with E-state index >= 15 is 0 Å². The molecule has 0 aliphatic carbocycles. The first-order valence-electron chi connectivity index (χ1n) is 7.15. The molecule has 0 aliphatic rings. The highest BCUT2D eigenvalue weighted by Gasteiger charge is 2.16. The van der Waals surface area contributed by atoms with Crippen LogP contribution in [-0.4, -0.2) is 11.1 Å². The lowest BCUT2D eigenvalue weighted by Crippen LogP contribution is -2.13. The second-order valence-electron chi connectivity index (χ2n) is 5.21. The maximum Gasteiger partial charge on any atom is 0.257 e. The first-order valence-corrected chi connectivity index (χ1v) is 7.53. The molecule has 3 rings (SSSR count). The van der Waals surface area contributed by atoms with Crippen LogP contribution in [0.3, 0.4) is 0 Å². The summed E-state index contributed by atoms with van der Waals surface area (Å²) in [6.07, 6.45) is 0. The van der Waals surface area contributed by atoms with Gasteiger partial charge in [-0.2, -0.15) is 0 Å². The van der Waals surface area contributed by atoms with Crippen LogP contribution >= 0.6 is 11.6 Å². The zero-order valence-electron chi connectivity index (χ0n) is 12.8. The van der Waals surface area contributed by atoms with E-state index in [1.807, 2.05) is 36.4 Å². The van der Waals surface area contributed by atoms with Crippen molar-refractivity contribution in [1.82, 2.24) is 5.16 Å². The van der Waals surface area contributed by atoms with E-state index in [9.17, 15) is 4.79 Å². The molecule has 1 amide bonds. The maximum atomic E-state index is 12.6. The van der Waals surface area contributed by atoms with E-state index in [0.29, 0.717) is 27.7 Å². The number of carbonyl (C=O) groups is 1. The van der Waals surface area contributed by atoms with Crippen molar-refractivity contribution in [2.24, 2.45) is 0 Å². The first kappa shape index (κ1) is 15.3. The average molecular weight is 327 g/mol. The number of nitrogens with one attached hydrogen (secondary N) is 1. The number of aryl methyl sites for hydroxylation is 2. The normalized spacial score (nSPS) is 10.6. The number of nitrogens with zero attached hydrogens (tertiary/aromatic N) is 1. The summed E-state index contributed by atoms with van der Waals surface area (Å²) in [6.45, 7) is 3.52. The summed E-state index contributed by atoms with van der Waals surface area (Å²) in [5, 5.41) is 7.04. The molecule has 0 atom stereocenters. The Morgan fingerprint density at radius 2 is 1.83 bits per heavy atom. The Labute approximate surface area is 139 Å². The number of hydrogen-bond donors (Lipinski definition) is 1. The van der Waals surface area contributed by atoms with E-state index in [4.69, 9.17) is 16.1 Å². The van der Waals surface area contributed by atoms with Gasteiger partial charge in [-0.1, -0.05) is 53.2 Å². The van der Waals surface area contributed by atoms with Crippen molar-refractivity contribution < 1.29 is 9.32 Å². The molecule has 116 valence electrons. The molecule has 4 nitrogen and oxygen atoms in total. The fourth-order valence-corrected chi connectivity index (χ4v) is 2.56. The van der Waals surface area contributed by atoms with Crippen molar-refractivity contribution in [2.45, 2.75) is 13.8 Å². The van der Waals surface area contributed by atoms with Crippen LogP contribution in [0.25, 0.3) is 11.1 Å². The van der Waals surface area contributed by atoms with Gasteiger partial charge in [0.15, 0.2) is 5.76 Å². The predicted molar refractivity (Wildman–Crippen MR) is 90.8 cm³/mol. The Balaban J connectivity index is 1.94. The van der Waals surface area contributed by atoms with Crippen LogP contribution < -0.4 is 5.32 Å². The molecule has 0 fully saturated rings. The number of benzene rings is 2. The molecule has 2 aromatic carbocycles. The van der Waals surface area contributed by atoms with Crippen molar-refractivity contribution >= 4 is 23.2 Å². The summed E-state index contributed by atoms with van der Waals surface area (Å²) < 4.78 is 5.06. The number of carbonyl (C=O) groups excluding carboxylic acids is 1. The lowest BCUT2D eigenvalue weighted by Gasteiger charge is -2.09. The fourth-order valence-electron chi connectivity index (χ4n) is 2.35. The van der Waals surface area contributed by atoms with Gasteiger partial charge in [0.25, 0.3) is 5.91 Å². The van der Waals surface area contributed by atoms with Gasteiger partial charge in [0.2, 0.25) is 0 Å². The molecule has 1 aromatic heterocycles. The zero-order chi connectivity index (χ0) is 16.4. The monoisotopic (exact) mass is 326 g/mol. The van der Waals surface area contributed by atoms with E-state index in [1.54, 1.807) is 26.0 Å². The highest BCUT2D eigenvalue weighted by molar-refractivity contribution is 6.34. The van der Waals surface area contributed by atoms with Gasteiger partial charge in [-0.25, -0.2) is 0 Å². The molecule has 5 heteroatoms. The lowest BCUT2D eigenvalue weighted by molar-refractivity contribution is 0.102. The molecule has 0 spiro atoms. The largest absolute Gasteiger partial charge is 0.359 e. The van der Waals surface area contributed by atoms with Gasteiger partial charge in [0, 0.05) is 0 Å². The van der Waals surface area contributed by atoms with Gasteiger partial charge in [-0.15, -0.1) is 0 Å². The van der Waals surface area contributed by atoms with Crippen molar-refractivity contribution in [3.63, 3.8) is 0 Å². The third-order valence-corrected chi connectivity index (χ3v) is 3.92. The van der Waals surface area contributed by atoms with Crippen LogP contribution in [0.15, 0.2) is 53.1 Å². The number of aromatic nitrogens is 1. The highest BCUT2D eigenvalue weighted by atomic mass is 35.5. The van der Waals surface area contributed by atoms with E-state index < -0.39 is 0 Å². The maximum absolute atomic E-state index is 12.6. The average Bonchev–Trinajstić information content (AvgIpc) is 2.88. The molecule has 0 bridgehead atoms. The molecule has 1 heterocycles. The van der Waals surface area contributed by atoms with Crippen LogP contribution in [0.2, 0.25) is 5.02 Å². The highest BCUT2D eigenvalue weighted by Crippen LogP contribution is 2.27. The predicted octanol–water partition coefficient (Wildman–Crippen LogP) is 4.86. The van der Waals surface area contributed by atoms with Gasteiger partial charge < -0.3 is 9.84 Å². The van der Waals surface area contributed by atoms with E-state index in [0.717, 1.165) is 11.1 Å². The Morgan fingerprint density at radius 1 is 1.09 bits per heavy atom. The molecule has 3 aromatic rings. The molecule has 1 N–H and O–H groups in total. The summed E-state index contributed by atoms with van der Waals surface area (Å²) in [4.78, 5) is 12.6. The van der Waals surface area contributed by atoms with Gasteiger partial charge in [-0.05, 0) is 37.1 Å². The van der Waals surface area contributed by atoms with Crippen molar-refractivity contribution in [3.05, 3.63) is 70.6 Å². The molecule has 0 aliphatic heterocycles. The van der Waals surface area contributed by atoms with Crippen LogP contribution in [0.4, 0.5) is 5.69 Å². The molecule has 0 radical (unpaired) electrons. The van der Waals surface area contributed by atoms with Crippen molar-refractivity contribution in [3.8, 4) is 11.1 Å². The first-order chi connectivity index (χ1) is 11.1. The Hall–Kier alpha value is -2.59. The topological polar surface area (TPSA) is 55.1 Å². The molecular weight excluding hydrogens is 312 g/mol. The number of hydrogen-bond acceptors (Lipinski definition) is 3. The Kier molecular flexibility index (Phi) is 4.17. The third kappa shape index (κ3) is 3.12. The van der Waals surface area contributed by atoms with Crippen molar-refractivity contribution in [1.29, 1.82) is 0 Å². The molecule has 0 saturated carbocycles. The summed E-state index contributed by atoms with van der Waals surface area (Å²) in [7, 11) is 0. The minimum atomic E-state index is -0.290. The van der Waals surface area contributed by atoms with Gasteiger partial charge >= 0.3 is 0 Å². The van der Waals surface area contributed by atoms with E-state index in [2.05, 4.69) is 10.5 Å². The second kappa shape index (κ2) is 6.26. The summed E-state index contributed by atoms with van der Waals surface area (Å²) >= 11 is 6.20.